The van der Waals surface area contributed by atoms with Crippen molar-refractivity contribution in [2.45, 2.75) is 13.8 Å². The molecule has 31 heavy (non-hydrogen) atoms. The molecule has 3 rings (SSSR count). The van der Waals surface area contributed by atoms with E-state index in [4.69, 9.17) is 14.6 Å². The molecular formula is C22H21BrN2O5S. The largest absolute Gasteiger partial charge is 0.493 e. The van der Waals surface area contributed by atoms with E-state index in [1.165, 1.54) is 28.8 Å². The molecule has 0 saturated carbocycles. The van der Waals surface area contributed by atoms with Crippen molar-refractivity contribution in [2.75, 3.05) is 20.3 Å². The van der Waals surface area contributed by atoms with Gasteiger partial charge in [-0.15, -0.1) is 0 Å². The fourth-order valence-corrected chi connectivity index (χ4v) is 4.24. The lowest BCUT2D eigenvalue weighted by molar-refractivity contribution is -0.121. The average molecular weight is 505 g/mol. The van der Waals surface area contributed by atoms with Gasteiger partial charge in [-0.25, -0.2) is 9.79 Å². The number of amides is 1. The van der Waals surface area contributed by atoms with Crippen LogP contribution in [-0.4, -0.2) is 47.3 Å². The normalized spacial score (nSPS) is 16.3. The van der Waals surface area contributed by atoms with Crippen LogP contribution in [0.4, 0.5) is 5.69 Å². The zero-order valence-corrected chi connectivity index (χ0v) is 19.6. The molecule has 0 unspecified atom stereocenters. The first-order valence-electron chi connectivity index (χ1n) is 9.52. The van der Waals surface area contributed by atoms with Crippen molar-refractivity contribution in [2.24, 2.45) is 4.99 Å². The summed E-state index contributed by atoms with van der Waals surface area (Å²) in [5.74, 6) is 0.104. The maximum atomic E-state index is 12.8. The van der Waals surface area contributed by atoms with Gasteiger partial charge < -0.3 is 14.6 Å². The molecule has 9 heteroatoms. The van der Waals surface area contributed by atoms with Crippen molar-refractivity contribution in [1.29, 1.82) is 0 Å². The predicted molar refractivity (Wildman–Crippen MR) is 125 cm³/mol. The number of nitrogens with zero attached hydrogens (tertiary/aromatic N) is 2. The van der Waals surface area contributed by atoms with E-state index in [1.807, 2.05) is 19.9 Å². The van der Waals surface area contributed by atoms with Gasteiger partial charge in [0.05, 0.1) is 33.8 Å². The average Bonchev–Trinajstić information content (AvgIpc) is 2.99. The van der Waals surface area contributed by atoms with Crippen molar-refractivity contribution >= 4 is 56.5 Å². The van der Waals surface area contributed by atoms with Crippen molar-refractivity contribution in [3.63, 3.8) is 0 Å². The fourth-order valence-electron chi connectivity index (χ4n) is 2.79. The highest BCUT2D eigenvalue weighted by Gasteiger charge is 2.30. The summed E-state index contributed by atoms with van der Waals surface area (Å²) in [7, 11) is 1.65. The van der Waals surface area contributed by atoms with E-state index in [2.05, 4.69) is 20.9 Å². The van der Waals surface area contributed by atoms with Gasteiger partial charge in [-0.2, -0.15) is 0 Å². The molecule has 1 amide bonds. The molecule has 0 aromatic heterocycles. The molecule has 0 spiro atoms. The molecule has 1 saturated heterocycles. The summed E-state index contributed by atoms with van der Waals surface area (Å²) in [6, 6.07) is 9.83. The minimum atomic E-state index is -1.00. The van der Waals surface area contributed by atoms with E-state index in [0.717, 1.165) is 10.0 Å². The van der Waals surface area contributed by atoms with Crippen LogP contribution in [0.15, 0.2) is 50.8 Å². The molecule has 0 aliphatic carbocycles. The highest BCUT2D eigenvalue weighted by molar-refractivity contribution is 9.10. The maximum Gasteiger partial charge on any atom is 0.335 e. The van der Waals surface area contributed by atoms with Crippen LogP contribution in [0.1, 0.15) is 29.8 Å². The summed E-state index contributed by atoms with van der Waals surface area (Å²) in [6.07, 6.45) is 1.77. The number of carboxylic acids is 1. The molecule has 7 nitrogen and oxygen atoms in total. The zero-order chi connectivity index (χ0) is 22.5. The van der Waals surface area contributed by atoms with Gasteiger partial charge in [0, 0.05) is 18.7 Å². The lowest BCUT2D eigenvalue weighted by Crippen LogP contribution is -2.23. The molecule has 1 fully saturated rings. The molecule has 1 aliphatic rings. The van der Waals surface area contributed by atoms with Crippen LogP contribution in [0.5, 0.6) is 11.5 Å². The van der Waals surface area contributed by atoms with Gasteiger partial charge in [0.15, 0.2) is 5.17 Å². The standard InChI is InChI=1S/C22H21BrN2O5S/c1-4-29-17-12-18(30-5-2)16(23)10-14(17)11-19-20(26)25(3)22(31-19)24-15-8-6-13(7-9-15)21(27)28/h6-12H,4-5H2,1-3H3,(H,27,28)/b19-11-,24-22?. The number of hydrogen-bond acceptors (Lipinski definition) is 6. The van der Waals surface area contributed by atoms with E-state index in [-0.39, 0.29) is 11.5 Å². The van der Waals surface area contributed by atoms with E-state index in [0.29, 0.717) is 40.5 Å². The number of likely N-dealkylation sites (N-methyl/N-ethyl adjacent to an activating group) is 1. The number of benzene rings is 2. The van der Waals surface area contributed by atoms with Gasteiger partial charge in [0.2, 0.25) is 0 Å². The summed E-state index contributed by atoms with van der Waals surface area (Å²) in [5, 5.41) is 9.52. The minimum absolute atomic E-state index is 0.178. The Balaban J connectivity index is 1.92. The number of carboxylic acid groups (broad SMARTS) is 1. The second-order valence-electron chi connectivity index (χ2n) is 6.41. The van der Waals surface area contributed by atoms with Crippen LogP contribution < -0.4 is 9.47 Å². The Bertz CT molecular complexity index is 1070. The number of hydrogen-bond donors (Lipinski definition) is 1. The number of rotatable bonds is 7. The first-order valence-corrected chi connectivity index (χ1v) is 11.1. The second kappa shape index (κ2) is 10.0. The number of carbonyl (C=O) groups is 2. The SMILES string of the molecule is CCOc1cc(OCC)c(/C=C2\SC(=Nc3ccc(C(=O)O)cc3)N(C)C2=O)cc1Br. The first kappa shape index (κ1) is 22.9. The predicted octanol–water partition coefficient (Wildman–Crippen LogP) is 5.18. The third-order valence-corrected chi connectivity index (χ3v) is 5.97. The van der Waals surface area contributed by atoms with Crippen LogP contribution in [0, 0.1) is 0 Å². The highest BCUT2D eigenvalue weighted by atomic mass is 79.9. The van der Waals surface area contributed by atoms with Crippen LogP contribution >= 0.6 is 27.7 Å². The maximum absolute atomic E-state index is 12.8. The van der Waals surface area contributed by atoms with Gasteiger partial charge in [0.1, 0.15) is 11.5 Å². The Morgan fingerprint density at radius 3 is 2.42 bits per heavy atom. The van der Waals surface area contributed by atoms with Crippen molar-refractivity contribution in [1.82, 2.24) is 4.90 Å². The molecule has 162 valence electrons. The summed E-state index contributed by atoms with van der Waals surface area (Å²) >= 11 is 4.75. The molecule has 1 aliphatic heterocycles. The van der Waals surface area contributed by atoms with Crippen molar-refractivity contribution in [3.05, 3.63) is 56.9 Å². The summed E-state index contributed by atoms with van der Waals surface area (Å²) in [5.41, 5.74) is 1.48. The number of ether oxygens (including phenoxy) is 2. The second-order valence-corrected chi connectivity index (χ2v) is 8.27. The van der Waals surface area contributed by atoms with Gasteiger partial charge in [-0.05, 0) is 77.9 Å². The van der Waals surface area contributed by atoms with Gasteiger partial charge in [0.25, 0.3) is 5.91 Å². The first-order chi connectivity index (χ1) is 14.8. The van der Waals surface area contributed by atoms with Crippen LogP contribution in [0.25, 0.3) is 6.08 Å². The molecule has 0 bridgehead atoms. The Hall–Kier alpha value is -2.78. The number of aromatic carboxylic acids is 1. The monoisotopic (exact) mass is 504 g/mol. The quantitative estimate of drug-likeness (QED) is 0.522. The molecule has 1 N–H and O–H groups in total. The Morgan fingerprint density at radius 1 is 1.16 bits per heavy atom. The van der Waals surface area contributed by atoms with Crippen molar-refractivity contribution in [3.8, 4) is 11.5 Å². The zero-order valence-electron chi connectivity index (χ0n) is 17.2. The number of thioether (sulfide) groups is 1. The summed E-state index contributed by atoms with van der Waals surface area (Å²) < 4.78 is 12.1. The van der Waals surface area contributed by atoms with E-state index < -0.39 is 5.97 Å². The fraction of sp³-hybridized carbons (Fsp3) is 0.227. The molecule has 0 radical (unpaired) electrons. The number of aliphatic imine (C=N–C) groups is 1. The van der Waals surface area contributed by atoms with Crippen LogP contribution in [0.2, 0.25) is 0 Å². The highest BCUT2D eigenvalue weighted by Crippen LogP contribution is 2.38. The lowest BCUT2D eigenvalue weighted by Gasteiger charge is -2.12. The summed E-state index contributed by atoms with van der Waals surface area (Å²) in [6.45, 7) is 4.80. The Morgan fingerprint density at radius 2 is 1.81 bits per heavy atom. The number of halogens is 1. The third-order valence-electron chi connectivity index (χ3n) is 4.29. The molecule has 0 atom stereocenters. The smallest absolute Gasteiger partial charge is 0.335 e. The Kier molecular flexibility index (Phi) is 7.40. The van der Waals surface area contributed by atoms with Crippen LogP contribution in [-0.2, 0) is 4.79 Å². The number of amidine groups is 1. The molecule has 1 heterocycles. The number of carbonyl (C=O) groups excluding carboxylic acids is 1. The molecule has 2 aromatic carbocycles. The molecule has 2 aromatic rings. The molecular weight excluding hydrogens is 484 g/mol. The Labute approximate surface area is 192 Å². The minimum Gasteiger partial charge on any atom is -0.493 e. The van der Waals surface area contributed by atoms with E-state index in [1.54, 1.807) is 31.3 Å². The summed E-state index contributed by atoms with van der Waals surface area (Å²) in [4.78, 5) is 30.2. The van der Waals surface area contributed by atoms with E-state index >= 15 is 0 Å². The third kappa shape index (κ3) is 5.29. The lowest BCUT2D eigenvalue weighted by atomic mass is 10.1. The van der Waals surface area contributed by atoms with E-state index in [9.17, 15) is 9.59 Å². The topological polar surface area (TPSA) is 88.4 Å². The van der Waals surface area contributed by atoms with Crippen LogP contribution in [0.3, 0.4) is 0 Å². The van der Waals surface area contributed by atoms with Crippen molar-refractivity contribution < 1.29 is 24.2 Å². The van der Waals surface area contributed by atoms with Gasteiger partial charge in [-0.1, -0.05) is 0 Å². The van der Waals surface area contributed by atoms with Gasteiger partial charge >= 0.3 is 5.97 Å². The van der Waals surface area contributed by atoms with Gasteiger partial charge in [-0.3, -0.25) is 9.69 Å².